The molecule has 2 atom stereocenters. The van der Waals surface area contributed by atoms with Crippen molar-refractivity contribution in [1.29, 1.82) is 0 Å². The highest BCUT2D eigenvalue weighted by molar-refractivity contribution is 4.92. The molecule has 0 aliphatic heterocycles. The van der Waals surface area contributed by atoms with Crippen LogP contribution in [0.1, 0.15) is 77.6 Å². The van der Waals surface area contributed by atoms with E-state index in [1.165, 1.54) is 70.6 Å². The van der Waals surface area contributed by atoms with Crippen LogP contribution in [0.2, 0.25) is 0 Å². The van der Waals surface area contributed by atoms with Gasteiger partial charge in [0.15, 0.2) is 0 Å². The molecule has 0 aromatic carbocycles. The first-order valence-electron chi connectivity index (χ1n) is 8.01. The molecule has 0 amide bonds. The molecule has 2 fully saturated rings. The van der Waals surface area contributed by atoms with E-state index in [0.29, 0.717) is 5.41 Å². The minimum atomic E-state index is 0.531. The van der Waals surface area contributed by atoms with Crippen molar-refractivity contribution in [3.05, 3.63) is 0 Å². The van der Waals surface area contributed by atoms with Crippen molar-refractivity contribution in [2.75, 3.05) is 6.54 Å². The zero-order valence-corrected chi connectivity index (χ0v) is 11.7. The average Bonchev–Trinajstić information content (AvgIpc) is 2.68. The van der Waals surface area contributed by atoms with Gasteiger partial charge in [0.25, 0.3) is 0 Å². The van der Waals surface area contributed by atoms with Crippen LogP contribution in [0.4, 0.5) is 0 Å². The maximum absolute atomic E-state index is 6.24. The smallest absolute Gasteiger partial charge is 0.00178 e. The summed E-state index contributed by atoms with van der Waals surface area (Å²) in [6, 6.07) is 0. The van der Waals surface area contributed by atoms with Crippen LogP contribution in [0.5, 0.6) is 0 Å². The number of rotatable bonds is 3. The van der Waals surface area contributed by atoms with E-state index in [-0.39, 0.29) is 0 Å². The van der Waals surface area contributed by atoms with Gasteiger partial charge in [0.1, 0.15) is 0 Å². The standard InChI is InChI=1S/C16H31N/c1-2-14-8-7-11-16(12-14,13-17)15-9-5-3-4-6-10-15/h14-15H,2-13,17H2,1H3. The van der Waals surface area contributed by atoms with Gasteiger partial charge in [-0.3, -0.25) is 0 Å². The highest BCUT2D eigenvalue weighted by Crippen LogP contribution is 2.49. The Hall–Kier alpha value is -0.0400. The number of hydrogen-bond donors (Lipinski definition) is 1. The van der Waals surface area contributed by atoms with E-state index >= 15 is 0 Å². The van der Waals surface area contributed by atoms with Crippen molar-refractivity contribution < 1.29 is 0 Å². The fourth-order valence-corrected chi connectivity index (χ4v) is 4.48. The lowest BCUT2D eigenvalue weighted by atomic mass is 9.60. The first-order chi connectivity index (χ1) is 8.30. The fraction of sp³-hybridized carbons (Fsp3) is 1.00. The largest absolute Gasteiger partial charge is 0.330 e. The summed E-state index contributed by atoms with van der Waals surface area (Å²) < 4.78 is 0. The summed E-state index contributed by atoms with van der Waals surface area (Å²) in [5.74, 6) is 1.92. The van der Waals surface area contributed by atoms with E-state index in [0.717, 1.165) is 18.4 Å². The fourth-order valence-electron chi connectivity index (χ4n) is 4.48. The maximum atomic E-state index is 6.24. The first-order valence-corrected chi connectivity index (χ1v) is 8.01. The lowest BCUT2D eigenvalue weighted by molar-refractivity contribution is 0.0605. The second kappa shape index (κ2) is 6.22. The molecule has 0 aromatic heterocycles. The molecule has 1 heteroatoms. The van der Waals surface area contributed by atoms with E-state index in [1.807, 2.05) is 0 Å². The number of hydrogen-bond acceptors (Lipinski definition) is 1. The third-order valence-electron chi connectivity index (χ3n) is 5.69. The molecular formula is C16H31N. The van der Waals surface area contributed by atoms with Gasteiger partial charge in [0.05, 0.1) is 0 Å². The Morgan fingerprint density at radius 2 is 1.71 bits per heavy atom. The molecule has 2 saturated carbocycles. The molecular weight excluding hydrogens is 206 g/mol. The quantitative estimate of drug-likeness (QED) is 0.718. The molecule has 0 heterocycles. The molecule has 0 bridgehead atoms. The Balaban J connectivity index is 2.05. The minimum Gasteiger partial charge on any atom is -0.330 e. The Labute approximate surface area is 108 Å². The van der Waals surface area contributed by atoms with Gasteiger partial charge in [0, 0.05) is 0 Å². The Morgan fingerprint density at radius 3 is 2.29 bits per heavy atom. The Kier molecular flexibility index (Phi) is 4.90. The summed E-state index contributed by atoms with van der Waals surface area (Å²) in [4.78, 5) is 0. The summed E-state index contributed by atoms with van der Waals surface area (Å²) >= 11 is 0. The lowest BCUT2D eigenvalue weighted by Gasteiger charge is -2.46. The molecule has 0 radical (unpaired) electrons. The zero-order chi connectivity index (χ0) is 12.1. The molecule has 17 heavy (non-hydrogen) atoms. The summed E-state index contributed by atoms with van der Waals surface area (Å²) in [5.41, 5.74) is 6.77. The van der Waals surface area contributed by atoms with Crippen molar-refractivity contribution in [1.82, 2.24) is 0 Å². The summed E-state index contributed by atoms with van der Waals surface area (Å²) in [6.45, 7) is 3.32. The second-order valence-electron chi connectivity index (χ2n) is 6.63. The third-order valence-corrected chi connectivity index (χ3v) is 5.69. The van der Waals surface area contributed by atoms with E-state index in [1.54, 1.807) is 0 Å². The summed E-state index contributed by atoms with van der Waals surface area (Å²) in [7, 11) is 0. The molecule has 100 valence electrons. The SMILES string of the molecule is CCC1CCCC(CN)(C2CCCCCC2)C1. The van der Waals surface area contributed by atoms with E-state index in [9.17, 15) is 0 Å². The molecule has 0 saturated heterocycles. The monoisotopic (exact) mass is 237 g/mol. The van der Waals surface area contributed by atoms with Gasteiger partial charge in [-0.15, -0.1) is 0 Å². The third kappa shape index (κ3) is 3.05. The second-order valence-corrected chi connectivity index (χ2v) is 6.63. The van der Waals surface area contributed by atoms with Gasteiger partial charge < -0.3 is 5.73 Å². The van der Waals surface area contributed by atoms with Crippen molar-refractivity contribution in [3.8, 4) is 0 Å². The zero-order valence-electron chi connectivity index (χ0n) is 11.7. The predicted molar refractivity (Wildman–Crippen MR) is 74.9 cm³/mol. The van der Waals surface area contributed by atoms with Gasteiger partial charge in [0.2, 0.25) is 0 Å². The average molecular weight is 237 g/mol. The predicted octanol–water partition coefficient (Wildman–Crippen LogP) is 4.50. The maximum Gasteiger partial charge on any atom is -0.00178 e. The molecule has 1 nitrogen and oxygen atoms in total. The molecule has 2 aliphatic rings. The minimum absolute atomic E-state index is 0.531. The van der Waals surface area contributed by atoms with Crippen LogP contribution < -0.4 is 5.73 Å². The van der Waals surface area contributed by atoms with Gasteiger partial charge >= 0.3 is 0 Å². The topological polar surface area (TPSA) is 26.0 Å². The molecule has 2 rings (SSSR count). The van der Waals surface area contributed by atoms with Crippen LogP contribution in [0.25, 0.3) is 0 Å². The van der Waals surface area contributed by atoms with Crippen molar-refractivity contribution in [3.63, 3.8) is 0 Å². The molecule has 2 aliphatic carbocycles. The van der Waals surface area contributed by atoms with Gasteiger partial charge in [-0.25, -0.2) is 0 Å². The lowest BCUT2D eigenvalue weighted by Crippen LogP contribution is -2.42. The highest BCUT2D eigenvalue weighted by Gasteiger charge is 2.40. The van der Waals surface area contributed by atoms with Gasteiger partial charge in [-0.05, 0) is 49.5 Å². The van der Waals surface area contributed by atoms with Gasteiger partial charge in [-0.1, -0.05) is 51.9 Å². The number of nitrogens with two attached hydrogens (primary N) is 1. The summed E-state index contributed by atoms with van der Waals surface area (Å²) in [5, 5.41) is 0. The molecule has 2 N–H and O–H groups in total. The normalized spacial score (nSPS) is 36.7. The van der Waals surface area contributed by atoms with Crippen LogP contribution in [-0.4, -0.2) is 6.54 Å². The van der Waals surface area contributed by atoms with Crippen LogP contribution >= 0.6 is 0 Å². The van der Waals surface area contributed by atoms with Gasteiger partial charge in [-0.2, -0.15) is 0 Å². The van der Waals surface area contributed by atoms with E-state index < -0.39 is 0 Å². The van der Waals surface area contributed by atoms with Crippen molar-refractivity contribution in [2.24, 2.45) is 23.0 Å². The highest BCUT2D eigenvalue weighted by atomic mass is 14.6. The Bertz CT molecular complexity index is 218. The van der Waals surface area contributed by atoms with Crippen LogP contribution in [-0.2, 0) is 0 Å². The van der Waals surface area contributed by atoms with Crippen LogP contribution in [0.3, 0.4) is 0 Å². The molecule has 0 aromatic rings. The van der Waals surface area contributed by atoms with Crippen LogP contribution in [0, 0.1) is 17.3 Å². The summed E-state index contributed by atoms with van der Waals surface area (Å²) in [6.07, 6.45) is 15.9. The van der Waals surface area contributed by atoms with E-state index in [4.69, 9.17) is 5.73 Å². The van der Waals surface area contributed by atoms with Crippen molar-refractivity contribution in [2.45, 2.75) is 77.6 Å². The van der Waals surface area contributed by atoms with Crippen molar-refractivity contribution >= 4 is 0 Å². The van der Waals surface area contributed by atoms with Crippen LogP contribution in [0.15, 0.2) is 0 Å². The first kappa shape index (κ1) is 13.4. The molecule has 0 spiro atoms. The van der Waals surface area contributed by atoms with E-state index in [2.05, 4.69) is 6.92 Å². The molecule has 2 unspecified atom stereocenters. The Morgan fingerprint density at radius 1 is 1.00 bits per heavy atom.